The Morgan fingerprint density at radius 3 is 2.48 bits per heavy atom. The Labute approximate surface area is 135 Å². The van der Waals surface area contributed by atoms with Crippen LogP contribution in [0.4, 0.5) is 11.8 Å². The monoisotopic (exact) mass is 319 g/mol. The summed E-state index contributed by atoms with van der Waals surface area (Å²) in [4.78, 5) is 15.1. The van der Waals surface area contributed by atoms with Gasteiger partial charge in [-0.3, -0.25) is 4.57 Å². The number of likely N-dealkylation sites (tertiary alicyclic amines) is 1. The average molecular weight is 319 g/mol. The summed E-state index contributed by atoms with van der Waals surface area (Å²) >= 11 is 0. The van der Waals surface area contributed by atoms with Crippen molar-refractivity contribution in [3.8, 4) is 6.01 Å². The first-order chi connectivity index (χ1) is 11.2. The molecule has 1 aliphatic rings. The summed E-state index contributed by atoms with van der Waals surface area (Å²) in [5.74, 6) is 0.449. The Bertz CT molecular complexity index is 663. The maximum absolute atomic E-state index is 5.88. The fourth-order valence-corrected chi connectivity index (χ4v) is 3.17. The number of ether oxygens (including phenoxy) is 1. The molecule has 8 nitrogen and oxygen atoms in total. The third-order valence-electron chi connectivity index (χ3n) is 4.34. The molecule has 0 spiro atoms. The lowest BCUT2D eigenvalue weighted by molar-refractivity contribution is 0.223. The van der Waals surface area contributed by atoms with Gasteiger partial charge in [0, 0.05) is 6.54 Å². The van der Waals surface area contributed by atoms with Crippen LogP contribution >= 0.6 is 0 Å². The van der Waals surface area contributed by atoms with E-state index in [-0.39, 0.29) is 11.8 Å². The summed E-state index contributed by atoms with van der Waals surface area (Å²) in [6.07, 6.45) is 6.20. The molecule has 126 valence electrons. The van der Waals surface area contributed by atoms with Gasteiger partial charge in [0.15, 0.2) is 17.0 Å². The largest absolute Gasteiger partial charge is 0.468 e. The molecule has 1 saturated heterocycles. The quantitative estimate of drug-likeness (QED) is 0.772. The maximum atomic E-state index is 5.88. The van der Waals surface area contributed by atoms with E-state index >= 15 is 0 Å². The second-order valence-electron chi connectivity index (χ2n) is 6.00. The highest BCUT2D eigenvalue weighted by molar-refractivity contribution is 5.83. The number of piperidine rings is 1. The number of imidazole rings is 1. The second kappa shape index (κ2) is 6.99. The number of aryl methyl sites for hydroxylation is 1. The van der Waals surface area contributed by atoms with Crippen molar-refractivity contribution in [3.63, 3.8) is 0 Å². The van der Waals surface area contributed by atoms with Crippen molar-refractivity contribution in [3.05, 3.63) is 0 Å². The molecular formula is C15H25N7O. The third kappa shape index (κ3) is 3.47. The number of rotatable bonds is 6. The van der Waals surface area contributed by atoms with Crippen molar-refractivity contribution in [2.45, 2.75) is 38.6 Å². The number of aromatic nitrogens is 4. The summed E-state index contributed by atoms with van der Waals surface area (Å²) < 4.78 is 7.28. The molecule has 3 rings (SSSR count). The van der Waals surface area contributed by atoms with Crippen molar-refractivity contribution in [2.24, 2.45) is 0 Å². The van der Waals surface area contributed by atoms with Crippen LogP contribution in [0.5, 0.6) is 6.01 Å². The number of nitrogens with zero attached hydrogens (tertiary/aromatic N) is 5. The van der Waals surface area contributed by atoms with Crippen LogP contribution in [0.1, 0.15) is 32.1 Å². The molecule has 0 amide bonds. The summed E-state index contributed by atoms with van der Waals surface area (Å²) in [5, 5.41) is 0. The number of nitrogen functional groups attached to an aromatic ring is 2. The number of nitrogens with two attached hydrogens (primary N) is 2. The molecule has 0 bridgehead atoms. The van der Waals surface area contributed by atoms with E-state index < -0.39 is 0 Å². The molecule has 1 aliphatic heterocycles. The van der Waals surface area contributed by atoms with E-state index in [1.54, 1.807) is 7.11 Å². The predicted molar refractivity (Wildman–Crippen MR) is 90.2 cm³/mol. The SMILES string of the molecule is COc1nc2c(N)nc(N)nc2n1CCCCN1CCCCC1. The minimum absolute atomic E-state index is 0.159. The van der Waals surface area contributed by atoms with Crippen molar-refractivity contribution < 1.29 is 4.74 Å². The van der Waals surface area contributed by atoms with E-state index in [1.807, 2.05) is 4.57 Å². The zero-order chi connectivity index (χ0) is 16.2. The van der Waals surface area contributed by atoms with Crippen LogP contribution in [0.3, 0.4) is 0 Å². The van der Waals surface area contributed by atoms with E-state index in [9.17, 15) is 0 Å². The Balaban J connectivity index is 1.66. The number of hydrogen-bond donors (Lipinski definition) is 2. The summed E-state index contributed by atoms with van der Waals surface area (Å²) in [6, 6.07) is 0.504. The fourth-order valence-electron chi connectivity index (χ4n) is 3.17. The van der Waals surface area contributed by atoms with Crippen molar-refractivity contribution in [1.29, 1.82) is 0 Å². The first kappa shape index (κ1) is 15.8. The van der Waals surface area contributed by atoms with Gasteiger partial charge in [-0.1, -0.05) is 6.42 Å². The summed E-state index contributed by atoms with van der Waals surface area (Å²) in [5.41, 5.74) is 12.8. The zero-order valence-corrected chi connectivity index (χ0v) is 13.7. The molecule has 4 N–H and O–H groups in total. The molecule has 0 unspecified atom stereocenters. The lowest BCUT2D eigenvalue weighted by Gasteiger charge is -2.26. The standard InChI is InChI=1S/C15H25N7O/c1-23-15-18-11-12(16)19-14(17)20-13(11)22(15)10-6-5-9-21-7-3-2-4-8-21/h2-10H2,1H3,(H4,16,17,19,20). The maximum Gasteiger partial charge on any atom is 0.298 e. The van der Waals surface area contributed by atoms with Crippen molar-refractivity contribution in [2.75, 3.05) is 38.2 Å². The first-order valence-electron chi connectivity index (χ1n) is 8.24. The van der Waals surface area contributed by atoms with Crippen LogP contribution in [-0.4, -0.2) is 51.2 Å². The molecule has 0 aromatic carbocycles. The van der Waals surface area contributed by atoms with Crippen LogP contribution in [0.25, 0.3) is 11.2 Å². The number of unbranched alkanes of at least 4 members (excludes halogenated alkanes) is 1. The Hall–Kier alpha value is -2.09. The van der Waals surface area contributed by atoms with Gasteiger partial charge in [0.25, 0.3) is 6.01 Å². The minimum atomic E-state index is 0.159. The molecule has 0 aliphatic carbocycles. The highest BCUT2D eigenvalue weighted by Gasteiger charge is 2.16. The normalized spacial score (nSPS) is 16.0. The molecule has 0 radical (unpaired) electrons. The molecule has 0 atom stereocenters. The summed E-state index contributed by atoms with van der Waals surface area (Å²) in [7, 11) is 1.60. The molecule has 3 heterocycles. The van der Waals surface area contributed by atoms with Gasteiger partial charge in [0.2, 0.25) is 5.95 Å². The zero-order valence-electron chi connectivity index (χ0n) is 13.7. The smallest absolute Gasteiger partial charge is 0.298 e. The van der Waals surface area contributed by atoms with E-state index in [0.717, 1.165) is 25.9 Å². The van der Waals surface area contributed by atoms with Gasteiger partial charge in [-0.2, -0.15) is 15.0 Å². The topological polar surface area (TPSA) is 108 Å². The van der Waals surface area contributed by atoms with Crippen LogP contribution in [0, 0.1) is 0 Å². The summed E-state index contributed by atoms with van der Waals surface area (Å²) in [6.45, 7) is 4.40. The number of methoxy groups -OCH3 is 1. The van der Waals surface area contributed by atoms with Crippen LogP contribution in [0.2, 0.25) is 0 Å². The molecule has 8 heteroatoms. The van der Waals surface area contributed by atoms with E-state index in [2.05, 4.69) is 19.9 Å². The minimum Gasteiger partial charge on any atom is -0.468 e. The van der Waals surface area contributed by atoms with Gasteiger partial charge < -0.3 is 21.1 Å². The lowest BCUT2D eigenvalue weighted by atomic mass is 10.1. The third-order valence-corrected chi connectivity index (χ3v) is 4.34. The van der Waals surface area contributed by atoms with E-state index in [1.165, 1.54) is 32.4 Å². The number of hydrogen-bond acceptors (Lipinski definition) is 7. The van der Waals surface area contributed by atoms with Crippen LogP contribution < -0.4 is 16.2 Å². The van der Waals surface area contributed by atoms with E-state index in [0.29, 0.717) is 17.2 Å². The van der Waals surface area contributed by atoms with Crippen molar-refractivity contribution >= 4 is 22.9 Å². The Morgan fingerprint density at radius 2 is 1.74 bits per heavy atom. The fraction of sp³-hybridized carbons (Fsp3) is 0.667. The van der Waals surface area contributed by atoms with Gasteiger partial charge in [-0.15, -0.1) is 0 Å². The first-order valence-corrected chi connectivity index (χ1v) is 8.24. The Morgan fingerprint density at radius 1 is 1.00 bits per heavy atom. The molecule has 23 heavy (non-hydrogen) atoms. The molecule has 0 saturated carbocycles. The van der Waals surface area contributed by atoms with Gasteiger partial charge in [0.1, 0.15) is 0 Å². The lowest BCUT2D eigenvalue weighted by Crippen LogP contribution is -2.30. The number of anilines is 2. The van der Waals surface area contributed by atoms with E-state index in [4.69, 9.17) is 16.2 Å². The highest BCUT2D eigenvalue weighted by atomic mass is 16.5. The van der Waals surface area contributed by atoms with Crippen molar-refractivity contribution in [1.82, 2.24) is 24.4 Å². The average Bonchev–Trinajstić information content (AvgIpc) is 2.91. The molecule has 1 fully saturated rings. The van der Waals surface area contributed by atoms with Crippen LogP contribution in [0.15, 0.2) is 0 Å². The van der Waals surface area contributed by atoms with Gasteiger partial charge >= 0.3 is 0 Å². The highest BCUT2D eigenvalue weighted by Crippen LogP contribution is 2.24. The second-order valence-corrected chi connectivity index (χ2v) is 6.00. The Kier molecular flexibility index (Phi) is 4.80. The number of fused-ring (bicyclic) bond motifs is 1. The predicted octanol–water partition coefficient (Wildman–Crippen LogP) is 1.27. The van der Waals surface area contributed by atoms with Crippen LogP contribution in [-0.2, 0) is 6.54 Å². The van der Waals surface area contributed by atoms with Gasteiger partial charge in [0.05, 0.1) is 7.11 Å². The molecule has 2 aromatic heterocycles. The van der Waals surface area contributed by atoms with Gasteiger partial charge in [-0.25, -0.2) is 0 Å². The molecular weight excluding hydrogens is 294 g/mol. The molecule has 2 aromatic rings. The van der Waals surface area contributed by atoms with Gasteiger partial charge in [-0.05, 0) is 45.3 Å².